The molecule has 1 amide bonds. The first kappa shape index (κ1) is 19.1. The van der Waals surface area contributed by atoms with Crippen molar-refractivity contribution in [2.24, 2.45) is 0 Å². The lowest BCUT2D eigenvalue weighted by Crippen LogP contribution is -2.35. The van der Waals surface area contributed by atoms with E-state index >= 15 is 0 Å². The van der Waals surface area contributed by atoms with Crippen molar-refractivity contribution in [1.29, 1.82) is 0 Å². The molecule has 0 aromatic carbocycles. The highest BCUT2D eigenvalue weighted by Crippen LogP contribution is 2.31. The van der Waals surface area contributed by atoms with Crippen LogP contribution in [0.4, 0.5) is 0 Å². The number of aromatic nitrogens is 3. The van der Waals surface area contributed by atoms with Crippen LogP contribution in [0.1, 0.15) is 72.7 Å². The van der Waals surface area contributed by atoms with Gasteiger partial charge in [0.2, 0.25) is 0 Å². The molecule has 0 aliphatic carbocycles. The van der Waals surface area contributed by atoms with E-state index in [0.717, 1.165) is 41.0 Å². The number of carbonyl (C=O) groups is 1. The number of hydrogen-bond donors (Lipinski definition) is 0. The molecule has 1 aliphatic rings. The maximum atomic E-state index is 13.6. The zero-order valence-electron chi connectivity index (χ0n) is 17.5. The van der Waals surface area contributed by atoms with Gasteiger partial charge in [-0.1, -0.05) is 13.8 Å². The highest BCUT2D eigenvalue weighted by Gasteiger charge is 2.29. The van der Waals surface area contributed by atoms with Crippen molar-refractivity contribution < 1.29 is 4.79 Å². The summed E-state index contributed by atoms with van der Waals surface area (Å²) in [7, 11) is 0. The molecular formula is C22H28N4OS. The molecule has 28 heavy (non-hydrogen) atoms. The summed E-state index contributed by atoms with van der Waals surface area (Å²) in [5.41, 5.74) is 4.43. The fraction of sp³-hybridized carbons (Fsp3) is 0.500. The number of thiophene rings is 1. The fourth-order valence-electron chi connectivity index (χ4n) is 3.83. The van der Waals surface area contributed by atoms with Crippen molar-refractivity contribution in [3.63, 3.8) is 0 Å². The van der Waals surface area contributed by atoms with Gasteiger partial charge in [-0.3, -0.25) is 4.79 Å². The molecule has 5 nitrogen and oxygen atoms in total. The second-order valence-electron chi connectivity index (χ2n) is 8.96. The van der Waals surface area contributed by atoms with Gasteiger partial charge in [-0.05, 0) is 63.1 Å². The Morgan fingerprint density at radius 1 is 1.29 bits per heavy atom. The maximum absolute atomic E-state index is 13.6. The molecule has 0 unspecified atom stereocenters. The van der Waals surface area contributed by atoms with E-state index < -0.39 is 0 Å². The van der Waals surface area contributed by atoms with Gasteiger partial charge in [0, 0.05) is 23.7 Å². The Morgan fingerprint density at radius 3 is 2.71 bits per heavy atom. The molecule has 1 aliphatic heterocycles. The third-order valence-electron chi connectivity index (χ3n) is 5.38. The van der Waals surface area contributed by atoms with E-state index in [1.807, 2.05) is 22.6 Å². The van der Waals surface area contributed by atoms with Gasteiger partial charge in [0.1, 0.15) is 0 Å². The highest BCUT2D eigenvalue weighted by molar-refractivity contribution is 7.10. The van der Waals surface area contributed by atoms with Gasteiger partial charge in [0.05, 0.1) is 22.2 Å². The van der Waals surface area contributed by atoms with Crippen LogP contribution in [0.15, 0.2) is 17.5 Å². The lowest BCUT2D eigenvalue weighted by Gasteiger charge is -2.27. The van der Waals surface area contributed by atoms with Crippen LogP contribution in [-0.2, 0) is 18.5 Å². The third-order valence-corrected chi connectivity index (χ3v) is 6.41. The van der Waals surface area contributed by atoms with Crippen molar-refractivity contribution in [1.82, 2.24) is 19.7 Å². The summed E-state index contributed by atoms with van der Waals surface area (Å²) < 4.78 is 1.97. The van der Waals surface area contributed by atoms with E-state index in [1.54, 1.807) is 11.3 Å². The number of aryl methyl sites for hydroxylation is 1. The third kappa shape index (κ3) is 3.13. The van der Waals surface area contributed by atoms with Gasteiger partial charge in [0.15, 0.2) is 5.65 Å². The van der Waals surface area contributed by atoms with Crippen molar-refractivity contribution in [2.45, 2.75) is 66.0 Å². The van der Waals surface area contributed by atoms with Gasteiger partial charge in [-0.15, -0.1) is 11.3 Å². The lowest BCUT2D eigenvalue weighted by molar-refractivity contribution is 0.0737. The van der Waals surface area contributed by atoms with E-state index in [1.165, 1.54) is 10.4 Å². The molecule has 3 aromatic heterocycles. The topological polar surface area (TPSA) is 51.0 Å². The molecule has 0 saturated heterocycles. The van der Waals surface area contributed by atoms with Crippen LogP contribution in [0, 0.1) is 6.92 Å². The van der Waals surface area contributed by atoms with Crippen molar-refractivity contribution in [3.05, 3.63) is 44.9 Å². The van der Waals surface area contributed by atoms with E-state index in [4.69, 9.17) is 10.1 Å². The van der Waals surface area contributed by atoms with Gasteiger partial charge >= 0.3 is 0 Å². The average molecular weight is 397 g/mol. The van der Waals surface area contributed by atoms with Crippen LogP contribution < -0.4 is 0 Å². The number of pyridine rings is 1. The SMILES string of the molecule is Cc1nn(C(C)(C)C)c2nc(C(C)C)cc(C(=O)N3CCc4sccc4C3)c12. The van der Waals surface area contributed by atoms with Crippen LogP contribution in [0.3, 0.4) is 0 Å². The molecule has 0 saturated carbocycles. The molecule has 3 aromatic rings. The van der Waals surface area contributed by atoms with Crippen LogP contribution in [0.5, 0.6) is 0 Å². The fourth-order valence-corrected chi connectivity index (χ4v) is 4.72. The molecular weight excluding hydrogens is 368 g/mol. The van der Waals surface area contributed by atoms with Crippen LogP contribution in [0.25, 0.3) is 11.0 Å². The second kappa shape index (κ2) is 6.69. The number of rotatable bonds is 2. The van der Waals surface area contributed by atoms with Crippen molar-refractivity contribution in [3.8, 4) is 0 Å². The van der Waals surface area contributed by atoms with E-state index in [0.29, 0.717) is 6.54 Å². The van der Waals surface area contributed by atoms with Crippen molar-refractivity contribution >= 4 is 28.3 Å². The molecule has 148 valence electrons. The molecule has 4 rings (SSSR count). The Labute approximate surface area is 170 Å². The first-order valence-electron chi connectivity index (χ1n) is 9.92. The first-order chi connectivity index (χ1) is 13.2. The highest BCUT2D eigenvalue weighted by atomic mass is 32.1. The largest absolute Gasteiger partial charge is 0.334 e. The first-order valence-corrected chi connectivity index (χ1v) is 10.8. The molecule has 0 bridgehead atoms. The number of carbonyl (C=O) groups excluding carboxylic acids is 1. The van der Waals surface area contributed by atoms with Crippen LogP contribution >= 0.6 is 11.3 Å². The zero-order chi connectivity index (χ0) is 20.2. The molecule has 0 atom stereocenters. The quantitative estimate of drug-likeness (QED) is 0.620. The maximum Gasteiger partial charge on any atom is 0.255 e. The summed E-state index contributed by atoms with van der Waals surface area (Å²) in [6.45, 7) is 14.0. The minimum Gasteiger partial charge on any atom is -0.334 e. The minimum atomic E-state index is -0.202. The summed E-state index contributed by atoms with van der Waals surface area (Å²) in [6.07, 6.45) is 0.935. The Kier molecular flexibility index (Phi) is 4.57. The van der Waals surface area contributed by atoms with Crippen molar-refractivity contribution in [2.75, 3.05) is 6.54 Å². The predicted molar refractivity (Wildman–Crippen MR) is 114 cm³/mol. The Bertz CT molecular complexity index is 1050. The molecule has 0 fully saturated rings. The monoisotopic (exact) mass is 396 g/mol. The zero-order valence-corrected chi connectivity index (χ0v) is 18.4. The normalized spacial score (nSPS) is 14.8. The number of fused-ring (bicyclic) bond motifs is 2. The summed E-state index contributed by atoms with van der Waals surface area (Å²) in [4.78, 5) is 21.9. The lowest BCUT2D eigenvalue weighted by atomic mass is 10.0. The average Bonchev–Trinajstić information content (AvgIpc) is 3.23. The Morgan fingerprint density at radius 2 is 2.04 bits per heavy atom. The van der Waals surface area contributed by atoms with E-state index in [9.17, 15) is 4.79 Å². The minimum absolute atomic E-state index is 0.0858. The van der Waals surface area contributed by atoms with E-state index in [-0.39, 0.29) is 17.4 Å². The Hall–Kier alpha value is -2.21. The van der Waals surface area contributed by atoms with Gasteiger partial charge in [0.25, 0.3) is 5.91 Å². The van der Waals surface area contributed by atoms with Gasteiger partial charge in [-0.2, -0.15) is 5.10 Å². The molecule has 0 radical (unpaired) electrons. The second-order valence-corrected chi connectivity index (χ2v) is 9.96. The van der Waals surface area contributed by atoms with Crippen LogP contribution in [-0.4, -0.2) is 32.1 Å². The van der Waals surface area contributed by atoms with Gasteiger partial charge in [-0.25, -0.2) is 9.67 Å². The van der Waals surface area contributed by atoms with Gasteiger partial charge < -0.3 is 4.90 Å². The number of nitrogens with zero attached hydrogens (tertiary/aromatic N) is 4. The van der Waals surface area contributed by atoms with E-state index in [2.05, 4.69) is 46.1 Å². The van der Waals surface area contributed by atoms with Crippen LogP contribution in [0.2, 0.25) is 0 Å². The molecule has 0 spiro atoms. The summed E-state index contributed by atoms with van der Waals surface area (Å²) in [5.74, 6) is 0.326. The summed E-state index contributed by atoms with van der Waals surface area (Å²) in [6, 6.07) is 4.13. The number of amides is 1. The molecule has 6 heteroatoms. The number of hydrogen-bond acceptors (Lipinski definition) is 4. The standard InChI is InChI=1S/C22H28N4OS/c1-13(2)17-11-16(19-14(3)24-26(20(19)23-17)22(4,5)6)21(27)25-9-7-18-15(12-25)8-10-28-18/h8,10-11,13H,7,9,12H2,1-6H3. The molecule has 4 heterocycles. The predicted octanol–water partition coefficient (Wildman–Crippen LogP) is 4.88. The molecule has 0 N–H and O–H groups in total. The smallest absolute Gasteiger partial charge is 0.255 e. The summed E-state index contributed by atoms with van der Waals surface area (Å²) >= 11 is 1.79. The summed E-state index contributed by atoms with van der Waals surface area (Å²) in [5, 5.41) is 7.77. The Balaban J connectivity index is 1.86.